The Morgan fingerprint density at radius 2 is 0.935 bits per heavy atom. The fourth-order valence-electron chi connectivity index (χ4n) is 4.05. The Bertz CT molecular complexity index is 571. The lowest BCUT2D eigenvalue weighted by Crippen LogP contribution is -2.50. The molecule has 0 fully saturated rings. The van der Waals surface area contributed by atoms with E-state index in [1.807, 2.05) is 0 Å². The van der Waals surface area contributed by atoms with Crippen LogP contribution in [0.25, 0.3) is 0 Å². The van der Waals surface area contributed by atoms with Gasteiger partial charge in [0.1, 0.15) is 10.1 Å². The van der Waals surface area contributed by atoms with Gasteiger partial charge in [0, 0.05) is 0 Å². The predicted molar refractivity (Wildman–Crippen MR) is 132 cm³/mol. The van der Waals surface area contributed by atoms with Crippen molar-refractivity contribution in [1.29, 1.82) is 0 Å². The zero-order valence-corrected chi connectivity index (χ0v) is 21.6. The van der Waals surface area contributed by atoms with Crippen molar-refractivity contribution in [2.75, 3.05) is 26.2 Å². The highest BCUT2D eigenvalue weighted by Crippen LogP contribution is 2.18. The van der Waals surface area contributed by atoms with Crippen LogP contribution >= 0.6 is 0 Å². The molecule has 0 N–H and O–H groups in total. The quantitative estimate of drug-likeness (QED) is 0.142. The van der Waals surface area contributed by atoms with Crippen LogP contribution < -0.4 is 0 Å². The van der Waals surface area contributed by atoms with E-state index >= 15 is 0 Å². The minimum atomic E-state index is -4.25. The van der Waals surface area contributed by atoms with Crippen molar-refractivity contribution in [2.24, 2.45) is 0 Å². The summed E-state index contributed by atoms with van der Waals surface area (Å²) in [5, 5.41) is 0. The number of benzene rings is 1. The Hall–Kier alpha value is -0.910. The second-order valence-corrected chi connectivity index (χ2v) is 10.2. The van der Waals surface area contributed by atoms with Gasteiger partial charge in [-0.2, -0.15) is 0 Å². The summed E-state index contributed by atoms with van der Waals surface area (Å²) in [7, 11) is -4.25. The van der Waals surface area contributed by atoms with Crippen LogP contribution in [0.15, 0.2) is 35.2 Å². The molecule has 0 amide bonds. The van der Waals surface area contributed by atoms with Crippen molar-refractivity contribution in [1.82, 2.24) is 0 Å². The van der Waals surface area contributed by atoms with Gasteiger partial charge in [0.15, 0.2) is 0 Å². The normalized spacial score (nSPS) is 11.8. The molecule has 1 rings (SSSR count). The van der Waals surface area contributed by atoms with Crippen LogP contribution in [0.2, 0.25) is 0 Å². The van der Waals surface area contributed by atoms with E-state index in [9.17, 15) is 13.0 Å². The van der Waals surface area contributed by atoms with E-state index in [0.717, 1.165) is 0 Å². The van der Waals surface area contributed by atoms with E-state index in [1.165, 1.54) is 132 Å². The van der Waals surface area contributed by atoms with E-state index in [4.69, 9.17) is 0 Å². The van der Waals surface area contributed by atoms with Crippen LogP contribution in [-0.2, 0) is 10.1 Å². The maximum Gasteiger partial charge on any atom is 0.124 e. The van der Waals surface area contributed by atoms with Gasteiger partial charge in [-0.05, 0) is 63.5 Å². The summed E-state index contributed by atoms with van der Waals surface area (Å²) in [6.07, 6.45) is 16.9. The fourth-order valence-corrected chi connectivity index (χ4v) is 4.54. The lowest BCUT2D eigenvalue weighted by Gasteiger charge is -2.39. The summed E-state index contributed by atoms with van der Waals surface area (Å²) in [6, 6.07) is 7.19. The first-order chi connectivity index (χ1) is 14.8. The van der Waals surface area contributed by atoms with E-state index in [-0.39, 0.29) is 4.90 Å². The summed E-state index contributed by atoms with van der Waals surface area (Å²) >= 11 is 0. The molecule has 1 aromatic carbocycles. The van der Waals surface area contributed by atoms with Crippen LogP contribution in [0.1, 0.15) is 105 Å². The maximum absolute atomic E-state index is 10.3. The molecule has 5 heteroatoms. The third kappa shape index (κ3) is 15.5. The van der Waals surface area contributed by atoms with Crippen molar-refractivity contribution >= 4 is 10.1 Å². The van der Waals surface area contributed by atoms with Crippen molar-refractivity contribution < 1.29 is 17.5 Å². The number of nitrogens with zero attached hydrogens (tertiary/aromatic N) is 1. The van der Waals surface area contributed by atoms with Gasteiger partial charge in [0.05, 0.1) is 31.1 Å². The summed E-state index contributed by atoms with van der Waals surface area (Å²) in [5.74, 6) is 0. The van der Waals surface area contributed by atoms with Gasteiger partial charge in [0.25, 0.3) is 0 Å². The standard InChI is InChI=1S/C20H44N.C6H6O3S/c1-5-9-13-17-21(18-14-10-6-2,19-15-11-7-3)20-16-12-8-4;7-10(8,9)6-4-2-1-3-5-6/h5-20H2,1-4H3;1-5H,(H,7,8,9)/q+1;/p-1. The van der Waals surface area contributed by atoms with E-state index < -0.39 is 10.1 Å². The van der Waals surface area contributed by atoms with Gasteiger partial charge in [-0.25, -0.2) is 8.42 Å². The smallest absolute Gasteiger partial charge is 0.124 e. The lowest BCUT2D eigenvalue weighted by atomic mass is 10.1. The molecule has 1 aromatic rings. The SMILES string of the molecule is CCCCC[N+](CCCCC)(CCCCC)CCCCC.O=S(=O)([O-])c1ccccc1. The molecule has 0 saturated carbocycles. The first kappa shape index (κ1) is 30.1. The average molecular weight is 456 g/mol. The molecule has 0 heterocycles. The molecule has 31 heavy (non-hydrogen) atoms. The van der Waals surface area contributed by atoms with Gasteiger partial charge in [-0.15, -0.1) is 0 Å². The van der Waals surface area contributed by atoms with Crippen molar-refractivity contribution in [3.63, 3.8) is 0 Å². The third-order valence-corrected chi connectivity index (χ3v) is 6.83. The maximum atomic E-state index is 10.3. The highest BCUT2D eigenvalue weighted by atomic mass is 32.2. The largest absolute Gasteiger partial charge is 0.744 e. The average Bonchev–Trinajstić information content (AvgIpc) is 2.75. The highest BCUT2D eigenvalue weighted by Gasteiger charge is 2.25. The van der Waals surface area contributed by atoms with Gasteiger partial charge in [-0.1, -0.05) is 71.6 Å². The van der Waals surface area contributed by atoms with Crippen LogP contribution in [-0.4, -0.2) is 43.6 Å². The van der Waals surface area contributed by atoms with Gasteiger partial charge >= 0.3 is 0 Å². The Morgan fingerprint density at radius 3 is 1.16 bits per heavy atom. The third-order valence-electron chi connectivity index (χ3n) is 5.98. The monoisotopic (exact) mass is 455 g/mol. The lowest BCUT2D eigenvalue weighted by molar-refractivity contribution is -0.929. The van der Waals surface area contributed by atoms with Crippen LogP contribution in [0.5, 0.6) is 0 Å². The molecule has 0 spiro atoms. The summed E-state index contributed by atoms with van der Waals surface area (Å²) < 4.78 is 32.3. The molecule has 182 valence electrons. The molecule has 4 nitrogen and oxygen atoms in total. The number of hydrogen-bond acceptors (Lipinski definition) is 3. The topological polar surface area (TPSA) is 57.2 Å². The minimum absolute atomic E-state index is 0.185. The second kappa shape index (κ2) is 18.6. The Kier molecular flexibility index (Phi) is 18.1. The molecule has 0 bridgehead atoms. The van der Waals surface area contributed by atoms with Gasteiger partial charge < -0.3 is 9.04 Å². The molecule has 0 radical (unpaired) electrons. The summed E-state index contributed by atoms with van der Waals surface area (Å²) in [5.41, 5.74) is 0. The van der Waals surface area contributed by atoms with E-state index in [1.54, 1.807) is 6.07 Å². The number of rotatable bonds is 17. The van der Waals surface area contributed by atoms with Gasteiger partial charge in [-0.3, -0.25) is 0 Å². The minimum Gasteiger partial charge on any atom is -0.744 e. The van der Waals surface area contributed by atoms with Crippen molar-refractivity contribution in [2.45, 2.75) is 110 Å². The summed E-state index contributed by atoms with van der Waals surface area (Å²) in [4.78, 5) is -0.185. The molecule has 0 atom stereocenters. The zero-order chi connectivity index (χ0) is 23.4. The molecule has 0 unspecified atom stereocenters. The number of hydrogen-bond donors (Lipinski definition) is 0. The Balaban J connectivity index is 0.000000743. The van der Waals surface area contributed by atoms with Gasteiger partial charge in [0.2, 0.25) is 0 Å². The predicted octanol–water partition coefficient (Wildman–Crippen LogP) is 7.15. The first-order valence-corrected chi connectivity index (χ1v) is 14.1. The van der Waals surface area contributed by atoms with Crippen LogP contribution in [0.4, 0.5) is 0 Å². The molecule has 0 aliphatic rings. The number of unbranched alkanes of at least 4 members (excludes halogenated alkanes) is 8. The van der Waals surface area contributed by atoms with Crippen LogP contribution in [0.3, 0.4) is 0 Å². The fraction of sp³-hybridized carbons (Fsp3) is 0.769. The zero-order valence-electron chi connectivity index (χ0n) is 20.8. The molecular formula is C26H49NO3S. The second-order valence-electron chi connectivity index (χ2n) is 8.83. The van der Waals surface area contributed by atoms with E-state index in [0.29, 0.717) is 0 Å². The Labute approximate surface area is 193 Å². The number of quaternary nitrogens is 1. The molecular weight excluding hydrogens is 406 g/mol. The molecule has 0 aromatic heterocycles. The van der Waals surface area contributed by atoms with Crippen molar-refractivity contribution in [3.8, 4) is 0 Å². The van der Waals surface area contributed by atoms with Crippen LogP contribution in [0, 0.1) is 0 Å². The highest BCUT2D eigenvalue weighted by molar-refractivity contribution is 7.85. The Morgan fingerprint density at radius 1 is 0.613 bits per heavy atom. The summed E-state index contributed by atoms with van der Waals surface area (Å²) in [6.45, 7) is 15.1. The molecule has 0 aliphatic heterocycles. The molecule has 0 saturated heterocycles. The van der Waals surface area contributed by atoms with Crippen molar-refractivity contribution in [3.05, 3.63) is 30.3 Å². The van der Waals surface area contributed by atoms with E-state index in [2.05, 4.69) is 27.7 Å². The molecule has 0 aliphatic carbocycles. The first-order valence-electron chi connectivity index (χ1n) is 12.7.